The number of fused-ring (bicyclic) bond motifs is 1. The molecule has 0 saturated carbocycles. The molecule has 0 aliphatic carbocycles. The monoisotopic (exact) mass is 417 g/mol. The first-order valence-electron chi connectivity index (χ1n) is 8.06. The van der Waals surface area contributed by atoms with Crippen LogP contribution < -0.4 is 0 Å². The molecule has 0 unspecified atom stereocenters. The summed E-state index contributed by atoms with van der Waals surface area (Å²) in [7, 11) is 2.20. The summed E-state index contributed by atoms with van der Waals surface area (Å²) in [6.45, 7) is 2.22. The Bertz CT molecular complexity index is 816. The van der Waals surface area contributed by atoms with Gasteiger partial charge in [-0.1, -0.05) is 46.3 Å². The predicted molar refractivity (Wildman–Crippen MR) is 104 cm³/mol. The number of likely N-dealkylation sites (N-methyl/N-ethyl adjacent to an activating group) is 1. The third kappa shape index (κ3) is 5.82. The Kier molecular flexibility index (Phi) is 7.12. The van der Waals surface area contributed by atoms with Crippen LogP contribution in [0.2, 0.25) is 0 Å². The number of nitrogens with zero attached hydrogens (tertiary/aromatic N) is 1. The lowest BCUT2D eigenvalue weighted by molar-refractivity contribution is -0.134. The molecule has 2 aromatic carbocycles. The van der Waals surface area contributed by atoms with Crippen molar-refractivity contribution in [3.05, 3.63) is 70.2 Å². The fourth-order valence-corrected chi connectivity index (χ4v) is 3.18. The summed E-state index contributed by atoms with van der Waals surface area (Å²) >= 11 is 3.56. The maximum absolute atomic E-state index is 9.55. The largest absolute Gasteiger partial charge is 0.478 e. The normalized spacial score (nSPS) is 13.6. The fourth-order valence-electron chi connectivity index (χ4n) is 2.78. The summed E-state index contributed by atoms with van der Waals surface area (Å²) in [4.78, 5) is 21.5. The molecule has 0 amide bonds. The zero-order valence-electron chi connectivity index (χ0n) is 14.4. The second-order valence-electron chi connectivity index (χ2n) is 5.95. The zero-order valence-corrected chi connectivity index (χ0v) is 15.9. The molecular weight excluding hydrogens is 398 g/mol. The summed E-state index contributed by atoms with van der Waals surface area (Å²) in [6.07, 6.45) is 2.28. The second-order valence-corrected chi connectivity index (χ2v) is 6.87. The number of aliphatic carboxylic acids is 2. The van der Waals surface area contributed by atoms with Crippen LogP contribution in [0.5, 0.6) is 0 Å². The van der Waals surface area contributed by atoms with Gasteiger partial charge in [0.05, 0.1) is 0 Å². The van der Waals surface area contributed by atoms with Gasteiger partial charge in [0, 0.05) is 29.7 Å². The molecule has 136 valence electrons. The Labute approximate surface area is 160 Å². The molecule has 0 atom stereocenters. The highest BCUT2D eigenvalue weighted by Gasteiger charge is 2.16. The van der Waals surface area contributed by atoms with Gasteiger partial charge in [0.15, 0.2) is 0 Å². The SMILES string of the molecule is CN1CCc2cccc(-c3cccc(Br)c3)c2C1.O=C(O)C=CC(=O)O. The third-order valence-electron chi connectivity index (χ3n) is 3.97. The van der Waals surface area contributed by atoms with Gasteiger partial charge >= 0.3 is 11.9 Å². The van der Waals surface area contributed by atoms with E-state index in [2.05, 4.69) is 70.3 Å². The Morgan fingerprint density at radius 3 is 2.35 bits per heavy atom. The van der Waals surface area contributed by atoms with Crippen molar-refractivity contribution >= 4 is 27.9 Å². The maximum atomic E-state index is 9.55. The van der Waals surface area contributed by atoms with Crippen molar-refractivity contribution in [1.82, 2.24) is 4.90 Å². The maximum Gasteiger partial charge on any atom is 0.328 e. The van der Waals surface area contributed by atoms with Gasteiger partial charge in [0.2, 0.25) is 0 Å². The molecule has 0 aromatic heterocycles. The average Bonchev–Trinajstić information content (AvgIpc) is 2.60. The van der Waals surface area contributed by atoms with E-state index in [0.29, 0.717) is 12.2 Å². The molecule has 0 saturated heterocycles. The number of rotatable bonds is 3. The van der Waals surface area contributed by atoms with Crippen LogP contribution in [-0.4, -0.2) is 40.6 Å². The van der Waals surface area contributed by atoms with E-state index < -0.39 is 11.9 Å². The minimum absolute atomic E-state index is 0.558. The molecule has 0 radical (unpaired) electrons. The highest BCUT2D eigenvalue weighted by atomic mass is 79.9. The first-order chi connectivity index (χ1) is 12.4. The number of halogens is 1. The van der Waals surface area contributed by atoms with Gasteiger partial charge in [-0.05, 0) is 47.9 Å². The smallest absolute Gasteiger partial charge is 0.328 e. The standard InChI is InChI=1S/C16H16BrN.C4H4O4/c1-18-9-8-12-4-3-7-15(16(12)11-18)13-5-2-6-14(17)10-13;5-3(6)1-2-4(7)8/h2-7,10H,8-9,11H2,1H3;1-2H,(H,5,6)(H,7,8). The van der Waals surface area contributed by atoms with E-state index in [1.807, 2.05) is 0 Å². The van der Waals surface area contributed by atoms with Crippen LogP contribution in [0.4, 0.5) is 0 Å². The van der Waals surface area contributed by atoms with Gasteiger partial charge in [-0.15, -0.1) is 0 Å². The van der Waals surface area contributed by atoms with E-state index in [1.165, 1.54) is 22.3 Å². The molecule has 6 heteroatoms. The first kappa shape index (κ1) is 19.9. The number of hydrogen-bond acceptors (Lipinski definition) is 3. The lowest BCUT2D eigenvalue weighted by atomic mass is 9.91. The van der Waals surface area contributed by atoms with Crippen LogP contribution >= 0.6 is 15.9 Å². The molecule has 0 spiro atoms. The van der Waals surface area contributed by atoms with Crippen molar-refractivity contribution in [2.45, 2.75) is 13.0 Å². The lowest BCUT2D eigenvalue weighted by Crippen LogP contribution is -2.26. The van der Waals surface area contributed by atoms with Crippen LogP contribution in [0.25, 0.3) is 11.1 Å². The Morgan fingerprint density at radius 1 is 1.08 bits per heavy atom. The van der Waals surface area contributed by atoms with E-state index in [4.69, 9.17) is 10.2 Å². The number of carboxylic acids is 2. The molecule has 0 bridgehead atoms. The van der Waals surface area contributed by atoms with Crippen molar-refractivity contribution in [1.29, 1.82) is 0 Å². The molecule has 1 aliphatic heterocycles. The summed E-state index contributed by atoms with van der Waals surface area (Å²) in [6, 6.07) is 15.2. The fraction of sp³-hybridized carbons (Fsp3) is 0.200. The van der Waals surface area contributed by atoms with Crippen LogP contribution in [-0.2, 0) is 22.6 Å². The minimum Gasteiger partial charge on any atom is -0.478 e. The number of hydrogen-bond donors (Lipinski definition) is 2. The highest BCUT2D eigenvalue weighted by molar-refractivity contribution is 9.10. The molecule has 2 N–H and O–H groups in total. The highest BCUT2D eigenvalue weighted by Crippen LogP contribution is 2.31. The quantitative estimate of drug-likeness (QED) is 0.742. The second kappa shape index (κ2) is 9.31. The van der Waals surface area contributed by atoms with Gasteiger partial charge in [-0.3, -0.25) is 0 Å². The molecule has 26 heavy (non-hydrogen) atoms. The van der Waals surface area contributed by atoms with Gasteiger partial charge in [-0.2, -0.15) is 0 Å². The number of carboxylic acid groups (broad SMARTS) is 2. The summed E-state index contributed by atoms with van der Waals surface area (Å²) in [5.74, 6) is -2.51. The van der Waals surface area contributed by atoms with E-state index in [1.54, 1.807) is 0 Å². The zero-order chi connectivity index (χ0) is 19.1. The van der Waals surface area contributed by atoms with E-state index in [0.717, 1.165) is 24.0 Å². The van der Waals surface area contributed by atoms with E-state index >= 15 is 0 Å². The van der Waals surface area contributed by atoms with E-state index in [9.17, 15) is 9.59 Å². The van der Waals surface area contributed by atoms with Crippen molar-refractivity contribution in [3.8, 4) is 11.1 Å². The summed E-state index contributed by atoms with van der Waals surface area (Å²) in [5, 5.41) is 15.6. The van der Waals surface area contributed by atoms with Gasteiger partial charge in [0.1, 0.15) is 0 Å². The lowest BCUT2D eigenvalue weighted by Gasteiger charge is -2.27. The van der Waals surface area contributed by atoms with Gasteiger partial charge in [0.25, 0.3) is 0 Å². The number of carbonyl (C=O) groups is 2. The Morgan fingerprint density at radius 2 is 1.73 bits per heavy atom. The van der Waals surface area contributed by atoms with Crippen LogP contribution in [0.15, 0.2) is 59.1 Å². The first-order valence-corrected chi connectivity index (χ1v) is 8.85. The van der Waals surface area contributed by atoms with Crippen LogP contribution in [0.3, 0.4) is 0 Å². The van der Waals surface area contributed by atoms with Crippen LogP contribution in [0.1, 0.15) is 11.1 Å². The Hall–Kier alpha value is -2.44. The topological polar surface area (TPSA) is 77.8 Å². The van der Waals surface area contributed by atoms with E-state index in [-0.39, 0.29) is 0 Å². The molecular formula is C20H20BrNO4. The predicted octanol–water partition coefficient (Wildman–Crippen LogP) is 3.82. The average molecular weight is 418 g/mol. The Balaban J connectivity index is 0.000000260. The van der Waals surface area contributed by atoms with Crippen molar-refractivity contribution < 1.29 is 19.8 Å². The number of benzene rings is 2. The van der Waals surface area contributed by atoms with Gasteiger partial charge in [-0.25, -0.2) is 9.59 Å². The molecule has 2 aromatic rings. The van der Waals surface area contributed by atoms with Crippen molar-refractivity contribution in [2.24, 2.45) is 0 Å². The van der Waals surface area contributed by atoms with Gasteiger partial charge < -0.3 is 15.1 Å². The van der Waals surface area contributed by atoms with Crippen molar-refractivity contribution in [3.63, 3.8) is 0 Å². The van der Waals surface area contributed by atoms with Crippen molar-refractivity contribution in [2.75, 3.05) is 13.6 Å². The molecule has 0 fully saturated rings. The molecule has 1 aliphatic rings. The summed E-state index contributed by atoms with van der Waals surface area (Å²) < 4.78 is 1.14. The molecule has 5 nitrogen and oxygen atoms in total. The van der Waals surface area contributed by atoms with Crippen LogP contribution in [0, 0.1) is 0 Å². The molecule has 3 rings (SSSR count). The molecule has 1 heterocycles. The summed E-state index contributed by atoms with van der Waals surface area (Å²) in [5.41, 5.74) is 5.67. The minimum atomic E-state index is -1.26. The third-order valence-corrected chi connectivity index (χ3v) is 4.46.